The lowest BCUT2D eigenvalue weighted by molar-refractivity contribution is -0.143. The molecular weight excluding hydrogens is 494 g/mol. The number of hydrogen-bond donors (Lipinski definition) is 2. The highest BCUT2D eigenvalue weighted by molar-refractivity contribution is 6.34. The maximum absolute atomic E-state index is 14.9. The van der Waals surface area contributed by atoms with Gasteiger partial charge >= 0.3 is 6.18 Å². The van der Waals surface area contributed by atoms with Gasteiger partial charge in [0, 0.05) is 11.3 Å². The number of amides is 1. The number of benzene rings is 1. The third-order valence-electron chi connectivity index (χ3n) is 4.69. The molecule has 0 fully saturated rings. The number of hydrogen-bond acceptors (Lipinski definition) is 7. The molecular formula is C21H14ClF4N7O2. The predicted molar refractivity (Wildman–Crippen MR) is 117 cm³/mol. The molecule has 0 aliphatic rings. The van der Waals surface area contributed by atoms with Crippen LogP contribution >= 0.6 is 11.6 Å². The van der Waals surface area contributed by atoms with E-state index in [-0.39, 0.29) is 33.9 Å². The fraction of sp³-hybridized carbons (Fsp3) is 0.0952. The molecule has 0 atom stereocenters. The topological polar surface area (TPSA) is 135 Å². The zero-order valence-electron chi connectivity index (χ0n) is 17.6. The summed E-state index contributed by atoms with van der Waals surface area (Å²) >= 11 is 5.94. The first kappa shape index (κ1) is 23.9. The number of halogens is 5. The lowest BCUT2D eigenvalue weighted by Gasteiger charge is -2.11. The monoisotopic (exact) mass is 507 g/mol. The number of nitrogens with zero attached hydrogens (tertiary/aromatic N) is 5. The maximum atomic E-state index is 14.9. The molecule has 14 heteroatoms. The van der Waals surface area contributed by atoms with Crippen LogP contribution in [0, 0.1) is 12.7 Å². The van der Waals surface area contributed by atoms with Crippen LogP contribution in [0.1, 0.15) is 21.7 Å². The average Bonchev–Trinajstić information content (AvgIpc) is 3.20. The molecule has 0 saturated carbocycles. The van der Waals surface area contributed by atoms with Crippen molar-refractivity contribution in [2.75, 3.05) is 5.73 Å². The molecule has 0 saturated heterocycles. The Hall–Kier alpha value is -4.26. The van der Waals surface area contributed by atoms with Gasteiger partial charge in [0.25, 0.3) is 5.91 Å². The number of pyridine rings is 1. The average molecular weight is 508 g/mol. The van der Waals surface area contributed by atoms with Gasteiger partial charge in [-0.3, -0.25) is 4.79 Å². The number of carbonyl (C=O) groups excluding carboxylic acids is 1. The van der Waals surface area contributed by atoms with Crippen LogP contribution in [0.4, 0.5) is 23.4 Å². The van der Waals surface area contributed by atoms with Gasteiger partial charge in [-0.25, -0.2) is 19.0 Å². The first-order valence-corrected chi connectivity index (χ1v) is 10.0. The standard InChI is InChI=1S/C21H14ClF4N7O2/c1-9-3-2-4-13(31-9)33-17(21(24,25)26)14(19(28)34)16(32-33)10-5-6-12(11(23)7-10)35-20-15(22)18(27)29-8-30-20/h2-8H,1H3,(H2,28,34)(H2,27,29,30). The predicted octanol–water partition coefficient (Wildman–Crippen LogP) is 4.32. The number of aryl methyl sites for hydroxylation is 1. The lowest BCUT2D eigenvalue weighted by atomic mass is 10.0. The molecule has 0 bridgehead atoms. The Kier molecular flexibility index (Phi) is 6.03. The Labute approximate surface area is 199 Å². The Balaban J connectivity index is 1.86. The normalized spacial score (nSPS) is 11.5. The van der Waals surface area contributed by atoms with E-state index in [9.17, 15) is 22.4 Å². The van der Waals surface area contributed by atoms with Crippen LogP contribution in [0.2, 0.25) is 5.02 Å². The number of carbonyl (C=O) groups is 1. The number of anilines is 1. The number of nitrogen functional groups attached to an aromatic ring is 1. The Bertz CT molecular complexity index is 1460. The second-order valence-corrected chi connectivity index (χ2v) is 7.49. The van der Waals surface area contributed by atoms with Crippen LogP contribution in [0.15, 0.2) is 42.7 Å². The Morgan fingerprint density at radius 2 is 1.91 bits per heavy atom. The van der Waals surface area contributed by atoms with Crippen molar-refractivity contribution in [3.63, 3.8) is 0 Å². The maximum Gasteiger partial charge on any atom is 0.434 e. The summed E-state index contributed by atoms with van der Waals surface area (Å²) in [6, 6.07) is 7.44. The van der Waals surface area contributed by atoms with E-state index in [4.69, 9.17) is 27.8 Å². The lowest BCUT2D eigenvalue weighted by Crippen LogP contribution is -2.21. The van der Waals surface area contributed by atoms with Crippen LogP contribution in [0.5, 0.6) is 11.6 Å². The minimum atomic E-state index is -5.04. The second-order valence-electron chi connectivity index (χ2n) is 7.11. The molecule has 1 amide bonds. The number of ether oxygens (including phenoxy) is 1. The van der Waals surface area contributed by atoms with E-state index in [1.165, 1.54) is 18.2 Å². The molecule has 35 heavy (non-hydrogen) atoms. The zero-order valence-corrected chi connectivity index (χ0v) is 18.4. The van der Waals surface area contributed by atoms with Crippen molar-refractivity contribution >= 4 is 23.3 Å². The van der Waals surface area contributed by atoms with Crippen molar-refractivity contribution < 1.29 is 27.1 Å². The molecule has 4 rings (SSSR count). The smallest absolute Gasteiger partial charge is 0.434 e. The highest BCUT2D eigenvalue weighted by atomic mass is 35.5. The summed E-state index contributed by atoms with van der Waals surface area (Å²) in [5, 5.41) is 3.77. The van der Waals surface area contributed by atoms with Gasteiger partial charge < -0.3 is 16.2 Å². The summed E-state index contributed by atoms with van der Waals surface area (Å²) < 4.78 is 62.7. The van der Waals surface area contributed by atoms with Gasteiger partial charge in [0.2, 0.25) is 5.88 Å². The summed E-state index contributed by atoms with van der Waals surface area (Å²) in [6.45, 7) is 1.57. The Morgan fingerprint density at radius 3 is 2.54 bits per heavy atom. The number of nitrogens with two attached hydrogens (primary N) is 2. The molecule has 4 N–H and O–H groups in total. The van der Waals surface area contributed by atoms with E-state index in [2.05, 4.69) is 20.1 Å². The van der Waals surface area contributed by atoms with Crippen molar-refractivity contribution in [3.05, 3.63) is 70.5 Å². The van der Waals surface area contributed by atoms with E-state index in [0.717, 1.165) is 18.5 Å². The van der Waals surface area contributed by atoms with Gasteiger partial charge in [-0.2, -0.15) is 23.3 Å². The molecule has 0 spiro atoms. The van der Waals surface area contributed by atoms with Gasteiger partial charge in [-0.1, -0.05) is 17.7 Å². The van der Waals surface area contributed by atoms with Crippen molar-refractivity contribution in [3.8, 4) is 28.7 Å². The van der Waals surface area contributed by atoms with E-state index in [1.807, 2.05) is 0 Å². The number of alkyl halides is 3. The molecule has 0 radical (unpaired) electrons. The molecule has 1 aromatic carbocycles. The molecule has 0 aliphatic carbocycles. The van der Waals surface area contributed by atoms with Gasteiger partial charge in [0.1, 0.15) is 22.9 Å². The van der Waals surface area contributed by atoms with Crippen LogP contribution in [-0.2, 0) is 6.18 Å². The van der Waals surface area contributed by atoms with Crippen LogP contribution in [0.3, 0.4) is 0 Å². The highest BCUT2D eigenvalue weighted by Gasteiger charge is 2.42. The van der Waals surface area contributed by atoms with Crippen LogP contribution in [0.25, 0.3) is 17.1 Å². The first-order chi connectivity index (χ1) is 16.5. The van der Waals surface area contributed by atoms with Crippen LogP contribution in [-0.4, -0.2) is 30.6 Å². The molecule has 0 unspecified atom stereocenters. The first-order valence-electron chi connectivity index (χ1n) is 9.65. The fourth-order valence-corrected chi connectivity index (χ4v) is 3.34. The summed E-state index contributed by atoms with van der Waals surface area (Å²) in [7, 11) is 0. The van der Waals surface area contributed by atoms with Crippen molar-refractivity contribution in [2.45, 2.75) is 13.1 Å². The van der Waals surface area contributed by atoms with E-state index in [1.54, 1.807) is 13.0 Å². The SMILES string of the molecule is Cc1cccc(-n2nc(-c3ccc(Oc4ncnc(N)c4Cl)c(F)c3)c(C(N)=O)c2C(F)(F)F)n1. The van der Waals surface area contributed by atoms with E-state index in [0.29, 0.717) is 10.4 Å². The summed E-state index contributed by atoms with van der Waals surface area (Å²) in [4.78, 5) is 23.6. The third-order valence-corrected chi connectivity index (χ3v) is 5.04. The van der Waals surface area contributed by atoms with Crippen LogP contribution < -0.4 is 16.2 Å². The van der Waals surface area contributed by atoms with Crippen molar-refractivity contribution in [2.24, 2.45) is 5.73 Å². The minimum Gasteiger partial charge on any atom is -0.434 e. The molecule has 4 aromatic rings. The molecule has 3 aromatic heterocycles. The zero-order chi connectivity index (χ0) is 25.5. The van der Waals surface area contributed by atoms with Crippen molar-refractivity contribution in [1.82, 2.24) is 24.7 Å². The molecule has 9 nitrogen and oxygen atoms in total. The minimum absolute atomic E-state index is 0.102. The molecule has 3 heterocycles. The number of rotatable bonds is 5. The van der Waals surface area contributed by atoms with E-state index < -0.39 is 34.9 Å². The molecule has 0 aliphatic heterocycles. The fourth-order valence-electron chi connectivity index (χ4n) is 3.20. The summed E-state index contributed by atoms with van der Waals surface area (Å²) in [5.41, 5.74) is 8.21. The van der Waals surface area contributed by atoms with Gasteiger partial charge in [-0.15, -0.1) is 0 Å². The van der Waals surface area contributed by atoms with Gasteiger partial charge in [0.15, 0.2) is 23.1 Å². The quantitative estimate of drug-likeness (QED) is 0.384. The molecule has 180 valence electrons. The Morgan fingerprint density at radius 1 is 1.17 bits per heavy atom. The number of primary amides is 1. The number of aromatic nitrogens is 5. The third kappa shape index (κ3) is 4.57. The van der Waals surface area contributed by atoms with Crippen molar-refractivity contribution in [1.29, 1.82) is 0 Å². The van der Waals surface area contributed by atoms with E-state index >= 15 is 0 Å². The second kappa shape index (κ2) is 8.83. The summed E-state index contributed by atoms with van der Waals surface area (Å²) in [5.74, 6) is -3.33. The van der Waals surface area contributed by atoms with Gasteiger partial charge in [0.05, 0.1) is 5.56 Å². The summed E-state index contributed by atoms with van der Waals surface area (Å²) in [6.07, 6.45) is -3.99. The highest BCUT2D eigenvalue weighted by Crippen LogP contribution is 2.39. The van der Waals surface area contributed by atoms with Gasteiger partial charge in [-0.05, 0) is 37.3 Å². The largest absolute Gasteiger partial charge is 0.434 e.